The highest BCUT2D eigenvalue weighted by molar-refractivity contribution is 7.81. The molecule has 2 aliphatic heterocycles. The highest BCUT2D eigenvalue weighted by atomic mass is 32.1. The first-order valence-corrected chi connectivity index (χ1v) is 14.9. The zero-order valence-electron chi connectivity index (χ0n) is 24.7. The number of nitrogens with one attached hydrogen (secondary N) is 2. The smallest absolute Gasteiger partial charge is 0.176 e. The highest BCUT2D eigenvalue weighted by Gasteiger charge is 2.30. The monoisotopic (exact) mass is 558 g/mol. The molecule has 3 aromatic carbocycles. The molecule has 0 aromatic heterocycles. The fraction of sp³-hybridized carbons (Fsp3) is 0.424. The number of aryl methyl sites for hydroxylation is 4. The maximum atomic E-state index is 6.20. The molecule has 206 valence electrons. The molecule has 2 aliphatic rings. The average molecular weight is 559 g/mol. The second-order valence-electron chi connectivity index (χ2n) is 11.6. The van der Waals surface area contributed by atoms with Crippen molar-refractivity contribution < 1.29 is 0 Å². The second-order valence-corrected chi connectivity index (χ2v) is 12.5. The van der Waals surface area contributed by atoms with Gasteiger partial charge in [0, 0.05) is 44.0 Å². The quantitative estimate of drug-likeness (QED) is 0.203. The SMILES string of the molecule is Cc1cc(C)c2c(c1)Cc1cc(C)cc(C)c1N1CCN(Cc3c(C)c(C)c(C)c(c3C)CNC(S)N2)C1=S. The minimum absolute atomic E-state index is 0.183. The van der Waals surface area contributed by atoms with Gasteiger partial charge in [0.25, 0.3) is 0 Å². The molecule has 0 aliphatic carbocycles. The van der Waals surface area contributed by atoms with Crippen molar-refractivity contribution in [1.29, 1.82) is 0 Å². The molecule has 1 atom stereocenters. The van der Waals surface area contributed by atoms with Crippen LogP contribution in [0.2, 0.25) is 0 Å². The largest absolute Gasteiger partial charge is 0.361 e. The van der Waals surface area contributed by atoms with Crippen LogP contribution in [0.25, 0.3) is 0 Å². The molecule has 2 N–H and O–H groups in total. The number of thiol groups is 1. The molecule has 0 spiro atoms. The standard InChI is InChI=1S/C33H42N4S2/c1-18-11-20(3)30-26(13-18)15-27-14-19(2)12-21(4)31(27)37-10-9-36(33(37)39)17-29-24(7)22(5)23(6)28(25(29)8)16-34-32(38)35-30/h11-14,32,34-35,38H,9-10,15-17H2,1-8H3. The molecular weight excluding hydrogens is 517 g/mol. The Kier molecular flexibility index (Phi) is 7.75. The summed E-state index contributed by atoms with van der Waals surface area (Å²) in [6.45, 7) is 21.3. The molecule has 39 heavy (non-hydrogen) atoms. The van der Waals surface area contributed by atoms with Crippen LogP contribution >= 0.6 is 24.8 Å². The lowest BCUT2D eigenvalue weighted by Crippen LogP contribution is -2.34. The molecular formula is C33H42N4S2. The first kappa shape index (κ1) is 28.0. The van der Waals surface area contributed by atoms with Gasteiger partial charge < -0.3 is 15.1 Å². The van der Waals surface area contributed by atoms with Gasteiger partial charge in [0.05, 0.1) is 0 Å². The van der Waals surface area contributed by atoms with E-state index in [0.29, 0.717) is 0 Å². The second kappa shape index (κ2) is 10.8. The molecule has 4 bridgehead atoms. The zero-order valence-corrected chi connectivity index (χ0v) is 26.4. The first-order chi connectivity index (χ1) is 18.5. The third-order valence-corrected chi connectivity index (χ3v) is 9.66. The van der Waals surface area contributed by atoms with Crippen LogP contribution in [0.1, 0.15) is 66.8 Å². The number of hydrogen-bond acceptors (Lipinski definition) is 4. The van der Waals surface area contributed by atoms with Gasteiger partial charge in [-0.3, -0.25) is 5.32 Å². The molecule has 0 saturated carbocycles. The predicted octanol–water partition coefficient (Wildman–Crippen LogP) is 7.08. The van der Waals surface area contributed by atoms with Gasteiger partial charge in [-0.05, 0) is 123 Å². The van der Waals surface area contributed by atoms with Crippen molar-refractivity contribution in [2.24, 2.45) is 0 Å². The summed E-state index contributed by atoms with van der Waals surface area (Å²) in [6.07, 6.45) is 0.831. The van der Waals surface area contributed by atoms with Crippen LogP contribution in [0.15, 0.2) is 24.3 Å². The number of anilines is 2. The topological polar surface area (TPSA) is 30.5 Å². The summed E-state index contributed by atoms with van der Waals surface area (Å²) in [5.74, 6) is 0. The van der Waals surface area contributed by atoms with E-state index in [-0.39, 0.29) is 5.50 Å². The number of rotatable bonds is 0. The summed E-state index contributed by atoms with van der Waals surface area (Å²) in [4.78, 5) is 4.79. The highest BCUT2D eigenvalue weighted by Crippen LogP contribution is 2.36. The third kappa shape index (κ3) is 5.19. The fourth-order valence-electron chi connectivity index (χ4n) is 6.67. The van der Waals surface area contributed by atoms with Gasteiger partial charge in [0.15, 0.2) is 5.11 Å². The van der Waals surface area contributed by atoms with Gasteiger partial charge in [-0.1, -0.05) is 35.4 Å². The molecule has 1 fully saturated rings. The van der Waals surface area contributed by atoms with Crippen molar-refractivity contribution in [3.8, 4) is 0 Å². The van der Waals surface area contributed by atoms with Crippen LogP contribution in [0.4, 0.5) is 11.4 Å². The molecule has 2 heterocycles. The van der Waals surface area contributed by atoms with Gasteiger partial charge in [-0.2, -0.15) is 0 Å². The Morgan fingerprint density at radius 3 is 2.13 bits per heavy atom. The van der Waals surface area contributed by atoms with Gasteiger partial charge >= 0.3 is 0 Å². The van der Waals surface area contributed by atoms with E-state index < -0.39 is 0 Å². The lowest BCUT2D eigenvalue weighted by atomic mass is 9.88. The predicted molar refractivity (Wildman–Crippen MR) is 174 cm³/mol. The minimum Gasteiger partial charge on any atom is -0.361 e. The number of benzene rings is 3. The molecule has 4 nitrogen and oxygen atoms in total. The Bertz CT molecular complexity index is 1480. The number of fused-ring (bicyclic) bond motifs is 7. The van der Waals surface area contributed by atoms with Crippen LogP contribution in [0.3, 0.4) is 0 Å². The van der Waals surface area contributed by atoms with Crippen molar-refractivity contribution in [1.82, 2.24) is 10.2 Å². The van der Waals surface area contributed by atoms with Crippen molar-refractivity contribution >= 4 is 41.3 Å². The summed E-state index contributed by atoms with van der Waals surface area (Å²) in [5, 5.41) is 8.32. The van der Waals surface area contributed by atoms with Crippen molar-refractivity contribution in [3.05, 3.63) is 91.0 Å². The Balaban J connectivity index is 1.70. The van der Waals surface area contributed by atoms with Gasteiger partial charge in [-0.25, -0.2) is 0 Å². The lowest BCUT2D eigenvalue weighted by Gasteiger charge is -2.29. The van der Waals surface area contributed by atoms with Crippen LogP contribution < -0.4 is 15.5 Å². The molecule has 5 rings (SSSR count). The number of nitrogens with zero attached hydrogens (tertiary/aromatic N) is 2. The summed E-state index contributed by atoms with van der Waals surface area (Å²) >= 11 is 11.2. The fourth-order valence-corrected chi connectivity index (χ4v) is 7.23. The normalized spacial score (nSPS) is 17.7. The van der Waals surface area contributed by atoms with Crippen LogP contribution in [-0.4, -0.2) is 28.6 Å². The van der Waals surface area contributed by atoms with Crippen molar-refractivity contribution in [2.75, 3.05) is 23.3 Å². The minimum atomic E-state index is -0.183. The van der Waals surface area contributed by atoms with E-state index in [9.17, 15) is 0 Å². The lowest BCUT2D eigenvalue weighted by molar-refractivity contribution is 0.460. The van der Waals surface area contributed by atoms with E-state index in [1.165, 1.54) is 72.4 Å². The van der Waals surface area contributed by atoms with E-state index in [0.717, 1.165) is 43.4 Å². The van der Waals surface area contributed by atoms with E-state index in [2.05, 4.69) is 100 Å². The van der Waals surface area contributed by atoms with Crippen molar-refractivity contribution in [3.63, 3.8) is 0 Å². The Morgan fingerprint density at radius 2 is 1.41 bits per heavy atom. The van der Waals surface area contributed by atoms with Crippen molar-refractivity contribution in [2.45, 2.75) is 80.4 Å². The first-order valence-electron chi connectivity index (χ1n) is 14.0. The molecule has 0 amide bonds. The summed E-state index contributed by atoms with van der Waals surface area (Å²) in [5.41, 5.74) is 18.1. The van der Waals surface area contributed by atoms with E-state index >= 15 is 0 Å². The van der Waals surface area contributed by atoms with E-state index in [4.69, 9.17) is 24.8 Å². The third-order valence-electron chi connectivity index (χ3n) is 8.87. The van der Waals surface area contributed by atoms with Gasteiger partial charge in [-0.15, -0.1) is 12.6 Å². The van der Waals surface area contributed by atoms with E-state index in [1.807, 2.05) is 0 Å². The summed E-state index contributed by atoms with van der Waals surface area (Å²) < 4.78 is 0. The molecule has 1 unspecified atom stereocenters. The average Bonchev–Trinajstić information content (AvgIpc) is 3.21. The van der Waals surface area contributed by atoms with Crippen LogP contribution in [0.5, 0.6) is 0 Å². The Labute approximate surface area is 245 Å². The number of hydrogen-bond donors (Lipinski definition) is 3. The Morgan fingerprint density at radius 1 is 0.769 bits per heavy atom. The maximum absolute atomic E-state index is 6.20. The molecule has 0 radical (unpaired) electrons. The van der Waals surface area contributed by atoms with Gasteiger partial charge in [0.2, 0.25) is 0 Å². The van der Waals surface area contributed by atoms with Crippen LogP contribution in [-0.2, 0) is 19.5 Å². The Hall–Kier alpha value is -2.54. The summed E-state index contributed by atoms with van der Waals surface area (Å²) in [6, 6.07) is 9.21. The summed E-state index contributed by atoms with van der Waals surface area (Å²) in [7, 11) is 0. The van der Waals surface area contributed by atoms with Gasteiger partial charge in [0.1, 0.15) is 5.50 Å². The number of thiocarbonyl (C=S) groups is 1. The maximum Gasteiger partial charge on any atom is 0.176 e. The van der Waals surface area contributed by atoms with Crippen LogP contribution in [0, 0.1) is 55.4 Å². The molecule has 3 aromatic rings. The molecule has 1 saturated heterocycles. The zero-order chi connectivity index (χ0) is 28.2. The van der Waals surface area contributed by atoms with E-state index in [1.54, 1.807) is 0 Å². The molecule has 6 heteroatoms.